The van der Waals surface area contributed by atoms with Crippen molar-refractivity contribution >= 4 is 16.7 Å². The molecule has 0 aliphatic carbocycles. The SMILES string of the molecule is O=S(c1cccc(C(F)(F)F)c1)N1CCOc2ccc(-c3cc(F)cc(F)c3)cc21. The molecule has 0 bridgehead atoms. The summed E-state index contributed by atoms with van der Waals surface area (Å²) in [6.07, 6.45) is -4.56. The zero-order valence-corrected chi connectivity index (χ0v) is 16.1. The molecule has 0 spiro atoms. The van der Waals surface area contributed by atoms with Crippen LogP contribution in [-0.4, -0.2) is 17.4 Å². The van der Waals surface area contributed by atoms with Crippen LogP contribution in [0.1, 0.15) is 5.56 Å². The summed E-state index contributed by atoms with van der Waals surface area (Å²) in [7, 11) is -1.94. The summed E-state index contributed by atoms with van der Waals surface area (Å²) in [5.41, 5.74) is 0.180. The van der Waals surface area contributed by atoms with Gasteiger partial charge in [0.05, 0.1) is 22.7 Å². The Labute approximate surface area is 171 Å². The van der Waals surface area contributed by atoms with Crippen molar-refractivity contribution in [2.75, 3.05) is 17.5 Å². The van der Waals surface area contributed by atoms with Crippen molar-refractivity contribution in [3.05, 3.63) is 77.9 Å². The van der Waals surface area contributed by atoms with E-state index in [0.29, 0.717) is 17.0 Å². The van der Waals surface area contributed by atoms with E-state index >= 15 is 0 Å². The zero-order valence-electron chi connectivity index (χ0n) is 15.2. The molecule has 3 aromatic rings. The standard InChI is InChI=1S/C21H14F5NO2S/c22-16-8-14(9-17(23)12-16)13-4-5-20-19(10-13)27(6-7-29-20)30(28)18-3-1-2-15(11-18)21(24,25)26/h1-5,8-12H,6-7H2. The maximum atomic E-state index is 13.6. The van der Waals surface area contributed by atoms with Crippen molar-refractivity contribution < 1.29 is 30.9 Å². The van der Waals surface area contributed by atoms with E-state index in [2.05, 4.69) is 0 Å². The van der Waals surface area contributed by atoms with Gasteiger partial charge < -0.3 is 4.74 Å². The first-order valence-corrected chi connectivity index (χ1v) is 9.93. The summed E-state index contributed by atoms with van der Waals surface area (Å²) >= 11 is 0. The minimum Gasteiger partial charge on any atom is -0.489 e. The molecule has 0 N–H and O–H groups in total. The number of benzene rings is 3. The first-order valence-electron chi connectivity index (χ1n) is 8.82. The minimum atomic E-state index is -4.56. The number of fused-ring (bicyclic) bond motifs is 1. The van der Waals surface area contributed by atoms with Crippen LogP contribution in [0.2, 0.25) is 0 Å². The minimum absolute atomic E-state index is 0.0140. The van der Waals surface area contributed by atoms with Gasteiger partial charge in [-0.15, -0.1) is 0 Å². The number of anilines is 1. The molecule has 1 aliphatic rings. The van der Waals surface area contributed by atoms with Crippen LogP contribution in [0.3, 0.4) is 0 Å². The van der Waals surface area contributed by atoms with Crippen LogP contribution in [0.25, 0.3) is 11.1 Å². The van der Waals surface area contributed by atoms with Crippen molar-refractivity contribution in [3.8, 4) is 16.9 Å². The fourth-order valence-electron chi connectivity index (χ4n) is 3.17. The van der Waals surface area contributed by atoms with Crippen LogP contribution in [0, 0.1) is 11.6 Å². The third kappa shape index (κ3) is 4.02. The molecule has 1 heterocycles. The van der Waals surface area contributed by atoms with Crippen LogP contribution < -0.4 is 9.04 Å². The maximum Gasteiger partial charge on any atom is 0.416 e. The molecule has 1 aliphatic heterocycles. The Bertz CT molecular complexity index is 1110. The van der Waals surface area contributed by atoms with Gasteiger partial charge in [-0.3, -0.25) is 4.31 Å². The number of hydrogen-bond donors (Lipinski definition) is 0. The van der Waals surface area contributed by atoms with Crippen molar-refractivity contribution in [2.45, 2.75) is 11.1 Å². The lowest BCUT2D eigenvalue weighted by Gasteiger charge is -2.30. The van der Waals surface area contributed by atoms with Crippen LogP contribution in [0.4, 0.5) is 27.6 Å². The Balaban J connectivity index is 1.74. The highest BCUT2D eigenvalue weighted by molar-refractivity contribution is 7.86. The topological polar surface area (TPSA) is 29.5 Å². The highest BCUT2D eigenvalue weighted by Gasteiger charge is 2.32. The van der Waals surface area contributed by atoms with Crippen molar-refractivity contribution in [1.29, 1.82) is 0 Å². The van der Waals surface area contributed by atoms with E-state index in [-0.39, 0.29) is 23.6 Å². The summed E-state index contributed by atoms with van der Waals surface area (Å²) < 4.78 is 86.3. The summed E-state index contributed by atoms with van der Waals surface area (Å²) in [6, 6.07) is 12.1. The molecule has 9 heteroatoms. The molecule has 1 atom stereocenters. The van der Waals surface area contributed by atoms with Gasteiger partial charge in [0, 0.05) is 6.07 Å². The van der Waals surface area contributed by atoms with Gasteiger partial charge in [0.1, 0.15) is 24.0 Å². The van der Waals surface area contributed by atoms with Gasteiger partial charge in [0.25, 0.3) is 0 Å². The fourth-order valence-corrected chi connectivity index (χ4v) is 4.41. The van der Waals surface area contributed by atoms with E-state index in [9.17, 15) is 26.2 Å². The van der Waals surface area contributed by atoms with Gasteiger partial charge in [0.2, 0.25) is 0 Å². The quantitative estimate of drug-likeness (QED) is 0.500. The fraction of sp³-hybridized carbons (Fsp3) is 0.143. The molecule has 0 radical (unpaired) electrons. The monoisotopic (exact) mass is 439 g/mol. The normalized spacial score (nSPS) is 14.8. The number of alkyl halides is 3. The Morgan fingerprint density at radius 2 is 1.63 bits per heavy atom. The molecule has 0 saturated carbocycles. The summed E-state index contributed by atoms with van der Waals surface area (Å²) in [5, 5.41) is 0. The Morgan fingerprint density at radius 3 is 2.33 bits per heavy atom. The van der Waals surface area contributed by atoms with Gasteiger partial charge in [-0.05, 0) is 53.6 Å². The number of hydrogen-bond acceptors (Lipinski definition) is 2. The van der Waals surface area contributed by atoms with E-state index in [1.807, 2.05) is 0 Å². The molecular formula is C21H14F5NO2S. The third-order valence-corrected chi connectivity index (χ3v) is 5.98. The molecule has 30 heavy (non-hydrogen) atoms. The predicted octanol–water partition coefficient (Wildman–Crippen LogP) is 5.57. The van der Waals surface area contributed by atoms with Gasteiger partial charge in [-0.25, -0.2) is 13.0 Å². The molecule has 0 fully saturated rings. The lowest BCUT2D eigenvalue weighted by atomic mass is 10.0. The second-order valence-electron chi connectivity index (χ2n) is 6.57. The van der Waals surface area contributed by atoms with Gasteiger partial charge >= 0.3 is 6.18 Å². The largest absolute Gasteiger partial charge is 0.489 e. The first kappa shape index (κ1) is 20.3. The summed E-state index contributed by atoms with van der Waals surface area (Å²) in [4.78, 5) is -0.0140. The Hall–Kier alpha value is -2.94. The van der Waals surface area contributed by atoms with E-state index < -0.39 is 34.4 Å². The Morgan fingerprint density at radius 1 is 0.900 bits per heavy atom. The average molecular weight is 439 g/mol. The van der Waals surface area contributed by atoms with Crippen LogP contribution in [0.5, 0.6) is 5.75 Å². The maximum absolute atomic E-state index is 13.6. The second kappa shape index (κ2) is 7.71. The summed E-state index contributed by atoms with van der Waals surface area (Å²) in [5.74, 6) is -1.12. The lowest BCUT2D eigenvalue weighted by Crippen LogP contribution is -2.34. The molecule has 0 aromatic heterocycles. The lowest BCUT2D eigenvalue weighted by molar-refractivity contribution is -0.137. The van der Waals surface area contributed by atoms with Gasteiger partial charge in [0.15, 0.2) is 11.0 Å². The van der Waals surface area contributed by atoms with Crippen molar-refractivity contribution in [2.24, 2.45) is 0 Å². The molecule has 0 saturated heterocycles. The summed E-state index contributed by atoms with van der Waals surface area (Å²) in [6.45, 7) is 0.350. The van der Waals surface area contributed by atoms with E-state index in [1.54, 1.807) is 18.2 Å². The number of ether oxygens (including phenoxy) is 1. The van der Waals surface area contributed by atoms with E-state index in [1.165, 1.54) is 16.4 Å². The Kier molecular flexibility index (Phi) is 5.23. The molecule has 4 rings (SSSR count). The molecule has 3 aromatic carbocycles. The molecule has 156 valence electrons. The average Bonchev–Trinajstić information content (AvgIpc) is 2.71. The molecule has 0 amide bonds. The predicted molar refractivity (Wildman–Crippen MR) is 102 cm³/mol. The van der Waals surface area contributed by atoms with Crippen molar-refractivity contribution in [1.82, 2.24) is 0 Å². The van der Waals surface area contributed by atoms with E-state index in [0.717, 1.165) is 30.3 Å². The molecule has 3 nitrogen and oxygen atoms in total. The zero-order chi connectivity index (χ0) is 21.5. The molecule has 1 unspecified atom stereocenters. The molecular weight excluding hydrogens is 425 g/mol. The third-order valence-electron chi connectivity index (χ3n) is 4.54. The van der Waals surface area contributed by atoms with Gasteiger partial charge in [-0.1, -0.05) is 12.1 Å². The number of halogens is 5. The number of rotatable bonds is 3. The van der Waals surface area contributed by atoms with Crippen LogP contribution in [0.15, 0.2) is 65.6 Å². The highest BCUT2D eigenvalue weighted by Crippen LogP contribution is 2.38. The van der Waals surface area contributed by atoms with Crippen LogP contribution in [-0.2, 0) is 17.2 Å². The highest BCUT2D eigenvalue weighted by atomic mass is 32.2. The first-order chi connectivity index (χ1) is 14.2. The second-order valence-corrected chi connectivity index (χ2v) is 7.98. The van der Waals surface area contributed by atoms with Gasteiger partial charge in [-0.2, -0.15) is 13.2 Å². The number of nitrogens with zero attached hydrogens (tertiary/aromatic N) is 1. The van der Waals surface area contributed by atoms with Crippen molar-refractivity contribution in [3.63, 3.8) is 0 Å². The smallest absolute Gasteiger partial charge is 0.416 e. The van der Waals surface area contributed by atoms with Crippen LogP contribution >= 0.6 is 0 Å². The van der Waals surface area contributed by atoms with E-state index in [4.69, 9.17) is 4.74 Å².